The summed E-state index contributed by atoms with van der Waals surface area (Å²) in [6, 6.07) is 2.52. The third-order valence-corrected chi connectivity index (χ3v) is 5.29. The molecule has 0 saturated heterocycles. The van der Waals surface area contributed by atoms with Crippen molar-refractivity contribution in [2.24, 2.45) is 17.3 Å². The largest absolute Gasteiger partial charge is 0.391 e. The summed E-state index contributed by atoms with van der Waals surface area (Å²) in [5, 5.41) is 20.3. The van der Waals surface area contributed by atoms with Gasteiger partial charge in [0.05, 0.1) is 17.6 Å². The minimum absolute atomic E-state index is 0.374. The maximum Gasteiger partial charge on any atom is 0.0835 e. The highest BCUT2D eigenvalue weighted by molar-refractivity contribution is 5.06. The van der Waals surface area contributed by atoms with E-state index < -0.39 is 5.41 Å². The van der Waals surface area contributed by atoms with Crippen LogP contribution in [-0.4, -0.2) is 11.2 Å². The van der Waals surface area contributed by atoms with Gasteiger partial charge in [-0.3, -0.25) is 0 Å². The molecule has 0 spiro atoms. The average molecular weight is 249 g/mol. The van der Waals surface area contributed by atoms with Crippen LogP contribution in [0.3, 0.4) is 0 Å². The zero-order chi connectivity index (χ0) is 13.0. The molecule has 2 nitrogen and oxygen atoms in total. The first-order chi connectivity index (χ1) is 8.68. The Morgan fingerprint density at radius 2 is 1.61 bits per heavy atom. The smallest absolute Gasteiger partial charge is 0.0835 e. The molecular weight excluding hydrogens is 222 g/mol. The summed E-state index contributed by atoms with van der Waals surface area (Å²) in [6.45, 7) is 2.30. The molecule has 1 atom stereocenters. The lowest BCUT2D eigenvalue weighted by Crippen LogP contribution is -2.40. The lowest BCUT2D eigenvalue weighted by Gasteiger charge is -2.38. The molecule has 1 unspecified atom stereocenters. The predicted octanol–water partition coefficient (Wildman–Crippen LogP) is 4.04. The van der Waals surface area contributed by atoms with Gasteiger partial charge in [-0.25, -0.2) is 0 Å². The van der Waals surface area contributed by atoms with E-state index in [0.29, 0.717) is 5.92 Å². The summed E-state index contributed by atoms with van der Waals surface area (Å²) in [5.41, 5.74) is -0.429. The molecule has 0 aliphatic heterocycles. The SMILES string of the molecule is CC1CCC(C(O)C2(C#N)CCCCCC2)CC1. The second kappa shape index (κ2) is 6.06. The molecule has 2 rings (SSSR count). The van der Waals surface area contributed by atoms with Crippen molar-refractivity contribution in [2.75, 3.05) is 0 Å². The number of nitriles is 1. The normalized spacial score (nSPS) is 34.3. The van der Waals surface area contributed by atoms with Gasteiger partial charge < -0.3 is 5.11 Å². The molecule has 2 aliphatic rings. The molecule has 0 amide bonds. The predicted molar refractivity (Wildman–Crippen MR) is 72.9 cm³/mol. The van der Waals surface area contributed by atoms with Crippen LogP contribution in [0.4, 0.5) is 0 Å². The lowest BCUT2D eigenvalue weighted by molar-refractivity contribution is -0.0131. The van der Waals surface area contributed by atoms with Crippen molar-refractivity contribution in [3.05, 3.63) is 0 Å². The topological polar surface area (TPSA) is 44.0 Å². The fourth-order valence-electron chi connectivity index (χ4n) is 3.89. The summed E-state index contributed by atoms with van der Waals surface area (Å²) in [5.74, 6) is 1.18. The highest BCUT2D eigenvalue weighted by atomic mass is 16.3. The summed E-state index contributed by atoms with van der Waals surface area (Å²) < 4.78 is 0. The van der Waals surface area contributed by atoms with Gasteiger partial charge in [-0.15, -0.1) is 0 Å². The molecule has 0 bridgehead atoms. The Bertz CT molecular complexity index is 291. The Morgan fingerprint density at radius 3 is 2.11 bits per heavy atom. The Hall–Kier alpha value is -0.550. The van der Waals surface area contributed by atoms with Crippen molar-refractivity contribution >= 4 is 0 Å². The summed E-state index contributed by atoms with van der Waals surface area (Å²) in [4.78, 5) is 0. The van der Waals surface area contributed by atoms with E-state index in [2.05, 4.69) is 13.0 Å². The van der Waals surface area contributed by atoms with Crippen LogP contribution in [0.15, 0.2) is 0 Å². The van der Waals surface area contributed by atoms with Gasteiger partial charge in [0.1, 0.15) is 0 Å². The first-order valence-corrected chi connectivity index (χ1v) is 7.77. The number of aliphatic hydroxyl groups is 1. The van der Waals surface area contributed by atoms with Crippen LogP contribution in [0.1, 0.15) is 71.1 Å². The first kappa shape index (κ1) is 13.9. The Morgan fingerprint density at radius 1 is 1.06 bits per heavy atom. The molecule has 2 aliphatic carbocycles. The molecule has 0 aromatic rings. The minimum atomic E-state index is -0.429. The van der Waals surface area contributed by atoms with E-state index in [0.717, 1.165) is 44.4 Å². The molecule has 0 aromatic heterocycles. The quantitative estimate of drug-likeness (QED) is 0.751. The number of aliphatic hydroxyl groups excluding tert-OH is 1. The molecule has 0 heterocycles. The van der Waals surface area contributed by atoms with Crippen LogP contribution in [0.5, 0.6) is 0 Å². The Balaban J connectivity index is 2.04. The third-order valence-electron chi connectivity index (χ3n) is 5.29. The lowest BCUT2D eigenvalue weighted by atomic mass is 9.68. The Labute approximate surface area is 111 Å². The summed E-state index contributed by atoms with van der Waals surface area (Å²) in [7, 11) is 0. The van der Waals surface area contributed by atoms with E-state index in [1.807, 2.05) is 0 Å². The van der Waals surface area contributed by atoms with E-state index in [-0.39, 0.29) is 6.10 Å². The zero-order valence-corrected chi connectivity index (χ0v) is 11.7. The van der Waals surface area contributed by atoms with Gasteiger partial charge in [0.2, 0.25) is 0 Å². The zero-order valence-electron chi connectivity index (χ0n) is 11.7. The molecule has 2 heteroatoms. The van der Waals surface area contributed by atoms with E-state index in [4.69, 9.17) is 0 Å². The first-order valence-electron chi connectivity index (χ1n) is 7.77. The minimum Gasteiger partial charge on any atom is -0.391 e. The van der Waals surface area contributed by atoms with Gasteiger partial charge in [-0.05, 0) is 37.5 Å². The molecular formula is C16H27NO. The van der Waals surface area contributed by atoms with Crippen molar-refractivity contribution in [3.8, 4) is 6.07 Å². The van der Waals surface area contributed by atoms with Crippen molar-refractivity contribution < 1.29 is 5.11 Å². The number of rotatable bonds is 2. The van der Waals surface area contributed by atoms with Crippen molar-refractivity contribution in [1.82, 2.24) is 0 Å². The monoisotopic (exact) mass is 249 g/mol. The maximum atomic E-state index is 10.7. The van der Waals surface area contributed by atoms with Crippen molar-refractivity contribution in [3.63, 3.8) is 0 Å². The van der Waals surface area contributed by atoms with Crippen LogP contribution in [0, 0.1) is 28.6 Å². The fourth-order valence-corrected chi connectivity index (χ4v) is 3.89. The number of hydrogen-bond acceptors (Lipinski definition) is 2. The third kappa shape index (κ3) is 2.88. The van der Waals surface area contributed by atoms with Crippen LogP contribution < -0.4 is 0 Å². The van der Waals surface area contributed by atoms with E-state index in [1.165, 1.54) is 25.7 Å². The molecule has 2 saturated carbocycles. The highest BCUT2D eigenvalue weighted by Crippen LogP contribution is 2.44. The number of hydrogen-bond donors (Lipinski definition) is 1. The van der Waals surface area contributed by atoms with Gasteiger partial charge in [0, 0.05) is 0 Å². The second-order valence-electron chi connectivity index (χ2n) is 6.65. The van der Waals surface area contributed by atoms with E-state index in [9.17, 15) is 10.4 Å². The van der Waals surface area contributed by atoms with Crippen LogP contribution in [-0.2, 0) is 0 Å². The van der Waals surface area contributed by atoms with Gasteiger partial charge in [0.15, 0.2) is 0 Å². The standard InChI is InChI=1S/C16H27NO/c1-13-6-8-14(9-7-13)15(18)16(12-17)10-4-2-3-5-11-16/h13-15,18H,2-11H2,1H3. The van der Waals surface area contributed by atoms with Crippen molar-refractivity contribution in [2.45, 2.75) is 77.2 Å². The molecule has 0 aromatic carbocycles. The van der Waals surface area contributed by atoms with Gasteiger partial charge in [0.25, 0.3) is 0 Å². The fraction of sp³-hybridized carbons (Fsp3) is 0.938. The molecule has 18 heavy (non-hydrogen) atoms. The second-order valence-corrected chi connectivity index (χ2v) is 6.65. The van der Waals surface area contributed by atoms with Crippen LogP contribution >= 0.6 is 0 Å². The summed E-state index contributed by atoms with van der Waals surface area (Å²) >= 11 is 0. The highest BCUT2D eigenvalue weighted by Gasteiger charge is 2.42. The molecule has 2 fully saturated rings. The Kier molecular flexibility index (Phi) is 4.67. The average Bonchev–Trinajstić information content (AvgIpc) is 2.65. The molecule has 1 N–H and O–H groups in total. The van der Waals surface area contributed by atoms with E-state index in [1.54, 1.807) is 0 Å². The van der Waals surface area contributed by atoms with Crippen molar-refractivity contribution in [1.29, 1.82) is 5.26 Å². The van der Waals surface area contributed by atoms with Gasteiger partial charge >= 0.3 is 0 Å². The van der Waals surface area contributed by atoms with Gasteiger partial charge in [-0.2, -0.15) is 5.26 Å². The summed E-state index contributed by atoms with van der Waals surface area (Å²) in [6.07, 6.45) is 10.8. The maximum absolute atomic E-state index is 10.7. The van der Waals surface area contributed by atoms with E-state index >= 15 is 0 Å². The molecule has 102 valence electrons. The van der Waals surface area contributed by atoms with Crippen LogP contribution in [0.2, 0.25) is 0 Å². The van der Waals surface area contributed by atoms with Crippen LogP contribution in [0.25, 0.3) is 0 Å². The molecule has 0 radical (unpaired) electrons. The van der Waals surface area contributed by atoms with Gasteiger partial charge in [-0.1, -0.05) is 45.4 Å². The number of nitrogens with zero attached hydrogens (tertiary/aromatic N) is 1.